The summed E-state index contributed by atoms with van der Waals surface area (Å²) in [6, 6.07) is 7.71. The molecule has 0 fully saturated rings. The highest BCUT2D eigenvalue weighted by atomic mass is 19.1. The summed E-state index contributed by atoms with van der Waals surface area (Å²) in [5, 5.41) is 13.1. The third-order valence-corrected chi connectivity index (χ3v) is 4.48. The van der Waals surface area contributed by atoms with Gasteiger partial charge in [0.05, 0.1) is 5.69 Å². The van der Waals surface area contributed by atoms with E-state index in [2.05, 4.69) is 12.0 Å². The molecule has 142 valence electrons. The number of hydroxylamine groups is 1. The van der Waals surface area contributed by atoms with Gasteiger partial charge in [-0.25, -0.2) is 9.87 Å². The Morgan fingerprint density at radius 3 is 2.31 bits per heavy atom. The van der Waals surface area contributed by atoms with Crippen LogP contribution in [-0.2, 0) is 6.54 Å². The van der Waals surface area contributed by atoms with Crippen LogP contribution in [0.15, 0.2) is 30.3 Å². The van der Waals surface area contributed by atoms with Crippen LogP contribution in [0.5, 0.6) is 0 Å². The van der Waals surface area contributed by atoms with Gasteiger partial charge in [-0.3, -0.25) is 14.7 Å². The van der Waals surface area contributed by atoms with Crippen LogP contribution in [0.3, 0.4) is 0 Å². The van der Waals surface area contributed by atoms with E-state index in [-0.39, 0.29) is 11.5 Å². The number of amides is 1. The topological polar surface area (TPSA) is 67.2 Å². The quantitative estimate of drug-likeness (QED) is 0.338. The molecule has 0 saturated heterocycles. The maximum Gasteiger partial charge on any atom is 0.295 e. The number of hydrogen-bond donors (Lipinski definition) is 2. The van der Waals surface area contributed by atoms with Crippen molar-refractivity contribution in [1.82, 2.24) is 15.3 Å². The minimum Gasteiger partial charge on any atom is -0.288 e. The van der Waals surface area contributed by atoms with Crippen molar-refractivity contribution in [3.8, 4) is 11.3 Å². The van der Waals surface area contributed by atoms with E-state index >= 15 is 0 Å². The molecule has 0 aliphatic heterocycles. The highest BCUT2D eigenvalue weighted by Gasteiger charge is 2.15. The zero-order chi connectivity index (χ0) is 18.8. The fourth-order valence-electron chi connectivity index (χ4n) is 3.00. The summed E-state index contributed by atoms with van der Waals surface area (Å²) >= 11 is 0. The van der Waals surface area contributed by atoms with E-state index in [4.69, 9.17) is 5.21 Å². The SMILES string of the molecule is CCCCCCCCCCn1nc(C(=O)NO)cc1-c1ccc(F)cc1. The Morgan fingerprint density at radius 1 is 1.08 bits per heavy atom. The maximum atomic E-state index is 13.2. The zero-order valence-corrected chi connectivity index (χ0v) is 15.4. The molecule has 0 spiro atoms. The van der Waals surface area contributed by atoms with Gasteiger partial charge in [0, 0.05) is 12.1 Å². The van der Waals surface area contributed by atoms with Gasteiger partial charge in [-0.2, -0.15) is 5.10 Å². The second-order valence-corrected chi connectivity index (χ2v) is 6.56. The van der Waals surface area contributed by atoms with Crippen LogP contribution >= 0.6 is 0 Å². The molecule has 2 rings (SSSR count). The number of unbranched alkanes of at least 4 members (excludes halogenated alkanes) is 7. The van der Waals surface area contributed by atoms with Gasteiger partial charge in [0.25, 0.3) is 5.91 Å². The first-order valence-electron chi connectivity index (χ1n) is 9.44. The number of benzene rings is 1. The summed E-state index contributed by atoms with van der Waals surface area (Å²) in [6.07, 6.45) is 9.68. The van der Waals surface area contributed by atoms with E-state index < -0.39 is 5.91 Å². The number of halogens is 1. The third-order valence-electron chi connectivity index (χ3n) is 4.48. The average molecular weight is 361 g/mol. The van der Waals surface area contributed by atoms with Crippen molar-refractivity contribution in [1.29, 1.82) is 0 Å². The van der Waals surface area contributed by atoms with Crippen LogP contribution in [0, 0.1) is 5.82 Å². The summed E-state index contributed by atoms with van der Waals surface area (Å²) in [6.45, 7) is 2.90. The second kappa shape index (κ2) is 10.7. The van der Waals surface area contributed by atoms with Crippen molar-refractivity contribution in [3.63, 3.8) is 0 Å². The lowest BCUT2D eigenvalue weighted by Crippen LogP contribution is -2.19. The molecule has 1 amide bonds. The molecule has 26 heavy (non-hydrogen) atoms. The number of carbonyl (C=O) groups is 1. The molecular formula is C20H28FN3O2. The van der Waals surface area contributed by atoms with Crippen molar-refractivity contribution < 1.29 is 14.4 Å². The molecule has 6 heteroatoms. The number of aromatic nitrogens is 2. The molecule has 0 radical (unpaired) electrons. The largest absolute Gasteiger partial charge is 0.295 e. The number of aryl methyl sites for hydroxylation is 1. The lowest BCUT2D eigenvalue weighted by molar-refractivity contribution is 0.0699. The van der Waals surface area contributed by atoms with Crippen LogP contribution in [0.4, 0.5) is 4.39 Å². The van der Waals surface area contributed by atoms with Gasteiger partial charge < -0.3 is 0 Å². The smallest absolute Gasteiger partial charge is 0.288 e. The monoisotopic (exact) mass is 361 g/mol. The Morgan fingerprint density at radius 2 is 1.69 bits per heavy atom. The predicted octanol–water partition coefficient (Wildman–Crippen LogP) is 4.95. The van der Waals surface area contributed by atoms with Gasteiger partial charge in [0.15, 0.2) is 5.69 Å². The minimum atomic E-state index is -0.650. The fraction of sp³-hybridized carbons (Fsp3) is 0.500. The Labute approximate surface area is 154 Å². The number of rotatable bonds is 11. The predicted molar refractivity (Wildman–Crippen MR) is 99.5 cm³/mol. The molecule has 0 unspecified atom stereocenters. The van der Waals surface area contributed by atoms with Crippen LogP contribution in [-0.4, -0.2) is 20.9 Å². The minimum absolute atomic E-state index is 0.145. The molecule has 5 nitrogen and oxygen atoms in total. The van der Waals surface area contributed by atoms with Crippen molar-refractivity contribution in [2.75, 3.05) is 0 Å². The van der Waals surface area contributed by atoms with E-state index in [9.17, 15) is 9.18 Å². The normalized spacial score (nSPS) is 10.9. The number of hydrogen-bond acceptors (Lipinski definition) is 3. The van der Waals surface area contributed by atoms with Gasteiger partial charge in [0.1, 0.15) is 5.82 Å². The molecule has 1 heterocycles. The van der Waals surface area contributed by atoms with Crippen LogP contribution < -0.4 is 5.48 Å². The van der Waals surface area contributed by atoms with Crippen molar-refractivity contribution in [3.05, 3.63) is 41.8 Å². The summed E-state index contributed by atoms with van der Waals surface area (Å²) in [5.41, 5.74) is 3.28. The van der Waals surface area contributed by atoms with Crippen molar-refractivity contribution >= 4 is 5.91 Å². The second-order valence-electron chi connectivity index (χ2n) is 6.56. The molecule has 0 aliphatic rings. The van der Waals surface area contributed by atoms with Crippen LogP contribution in [0.2, 0.25) is 0 Å². The van der Waals surface area contributed by atoms with Crippen molar-refractivity contribution in [2.24, 2.45) is 0 Å². The summed E-state index contributed by atoms with van der Waals surface area (Å²) < 4.78 is 14.9. The fourth-order valence-corrected chi connectivity index (χ4v) is 3.00. The molecule has 0 atom stereocenters. The maximum absolute atomic E-state index is 13.2. The van der Waals surface area contributed by atoms with Gasteiger partial charge in [0.2, 0.25) is 0 Å². The standard InChI is InChI=1S/C20H28FN3O2/c1-2-3-4-5-6-7-8-9-14-24-19(15-18(22-24)20(25)23-26)16-10-12-17(21)13-11-16/h10-13,15,26H,2-9,14H2,1H3,(H,23,25). The molecule has 0 saturated carbocycles. The average Bonchev–Trinajstić information content (AvgIpc) is 3.08. The highest BCUT2D eigenvalue weighted by molar-refractivity contribution is 5.92. The molecule has 0 bridgehead atoms. The van der Waals surface area contributed by atoms with Crippen LogP contribution in [0.1, 0.15) is 68.8 Å². The number of carbonyl (C=O) groups excluding carboxylic acids is 1. The Balaban J connectivity index is 1.96. The zero-order valence-electron chi connectivity index (χ0n) is 15.4. The van der Waals surface area contributed by atoms with Crippen molar-refractivity contribution in [2.45, 2.75) is 64.8 Å². The molecule has 2 aromatic rings. The molecular weight excluding hydrogens is 333 g/mol. The Hall–Kier alpha value is -2.21. The first-order valence-corrected chi connectivity index (χ1v) is 9.44. The van der Waals surface area contributed by atoms with Gasteiger partial charge in [-0.15, -0.1) is 0 Å². The van der Waals surface area contributed by atoms with E-state index in [1.54, 1.807) is 28.4 Å². The molecule has 2 N–H and O–H groups in total. The first-order chi connectivity index (χ1) is 12.7. The van der Waals surface area contributed by atoms with E-state index in [1.165, 1.54) is 50.7 Å². The summed E-state index contributed by atoms with van der Waals surface area (Å²) in [7, 11) is 0. The molecule has 1 aromatic carbocycles. The first kappa shape index (κ1) is 20.1. The van der Waals surface area contributed by atoms with E-state index in [0.717, 1.165) is 24.1 Å². The number of nitrogens with zero attached hydrogens (tertiary/aromatic N) is 2. The lowest BCUT2D eigenvalue weighted by atomic mass is 10.1. The molecule has 1 aromatic heterocycles. The third kappa shape index (κ3) is 5.95. The molecule has 0 aliphatic carbocycles. The van der Waals surface area contributed by atoms with E-state index in [1.807, 2.05) is 0 Å². The number of nitrogens with one attached hydrogen (secondary N) is 1. The van der Waals surface area contributed by atoms with Gasteiger partial charge in [-0.05, 0) is 36.8 Å². The lowest BCUT2D eigenvalue weighted by Gasteiger charge is -2.08. The van der Waals surface area contributed by atoms with Crippen LogP contribution in [0.25, 0.3) is 11.3 Å². The van der Waals surface area contributed by atoms with Gasteiger partial charge >= 0.3 is 0 Å². The summed E-state index contributed by atoms with van der Waals surface area (Å²) in [4.78, 5) is 11.7. The summed E-state index contributed by atoms with van der Waals surface area (Å²) in [5.74, 6) is -0.959. The Kier molecular flexibility index (Phi) is 8.28. The van der Waals surface area contributed by atoms with Gasteiger partial charge in [-0.1, -0.05) is 51.9 Å². The Bertz CT molecular complexity index is 683. The highest BCUT2D eigenvalue weighted by Crippen LogP contribution is 2.22. The van der Waals surface area contributed by atoms with E-state index in [0.29, 0.717) is 6.54 Å².